The molecule has 1 aliphatic heterocycles. The van der Waals surface area contributed by atoms with Gasteiger partial charge in [-0.25, -0.2) is 4.79 Å². The lowest BCUT2D eigenvalue weighted by molar-refractivity contribution is 0.0270. The van der Waals surface area contributed by atoms with Crippen molar-refractivity contribution in [2.75, 3.05) is 20.1 Å². The summed E-state index contributed by atoms with van der Waals surface area (Å²) in [6.45, 7) is 7.41. The average molecular weight is 212 g/mol. The Balaban J connectivity index is 1.82. The number of fused-ring (bicyclic) bond motifs is 1. The number of likely N-dealkylation sites (tertiary alicyclic amines) is 1. The van der Waals surface area contributed by atoms with Crippen LogP contribution in [-0.4, -0.2) is 42.8 Å². The second-order valence-electron chi connectivity index (χ2n) is 5.53. The van der Waals surface area contributed by atoms with Gasteiger partial charge in [0.05, 0.1) is 0 Å². The van der Waals surface area contributed by atoms with Crippen LogP contribution in [0.2, 0.25) is 0 Å². The fourth-order valence-electron chi connectivity index (χ4n) is 2.43. The van der Waals surface area contributed by atoms with E-state index in [0.29, 0.717) is 17.9 Å². The normalized spacial score (nSPS) is 33.9. The number of rotatable bonds is 1. The van der Waals surface area contributed by atoms with Crippen LogP contribution in [0.4, 0.5) is 4.79 Å². The van der Waals surface area contributed by atoms with Crippen molar-refractivity contribution in [1.29, 1.82) is 0 Å². The number of piperidine rings is 1. The van der Waals surface area contributed by atoms with E-state index < -0.39 is 0 Å². The SMILES string of the molecule is CNC1C2CN(C(=O)OC(C)(C)C)CC21. The van der Waals surface area contributed by atoms with Crippen LogP contribution in [0.5, 0.6) is 0 Å². The van der Waals surface area contributed by atoms with E-state index >= 15 is 0 Å². The highest BCUT2D eigenvalue weighted by atomic mass is 16.6. The Morgan fingerprint density at radius 3 is 2.27 bits per heavy atom. The monoisotopic (exact) mass is 212 g/mol. The minimum atomic E-state index is -0.383. The van der Waals surface area contributed by atoms with Gasteiger partial charge in [-0.15, -0.1) is 0 Å². The van der Waals surface area contributed by atoms with Crippen LogP contribution < -0.4 is 5.32 Å². The maximum atomic E-state index is 11.7. The van der Waals surface area contributed by atoms with Crippen LogP contribution in [0.3, 0.4) is 0 Å². The summed E-state index contributed by atoms with van der Waals surface area (Å²) in [4.78, 5) is 13.5. The Bertz CT molecular complexity index is 260. The number of carbonyl (C=O) groups is 1. The van der Waals surface area contributed by atoms with Crippen molar-refractivity contribution in [3.63, 3.8) is 0 Å². The summed E-state index contributed by atoms with van der Waals surface area (Å²) in [7, 11) is 1.99. The van der Waals surface area contributed by atoms with E-state index in [4.69, 9.17) is 4.74 Å². The molecule has 86 valence electrons. The molecule has 4 nitrogen and oxygen atoms in total. The largest absolute Gasteiger partial charge is 0.444 e. The van der Waals surface area contributed by atoms with Gasteiger partial charge in [0.1, 0.15) is 5.60 Å². The number of amides is 1. The van der Waals surface area contributed by atoms with Crippen molar-refractivity contribution in [2.24, 2.45) is 11.8 Å². The molecule has 0 bridgehead atoms. The van der Waals surface area contributed by atoms with E-state index in [0.717, 1.165) is 13.1 Å². The van der Waals surface area contributed by atoms with Gasteiger partial charge in [-0.1, -0.05) is 0 Å². The predicted molar refractivity (Wildman–Crippen MR) is 57.6 cm³/mol. The number of hydrogen-bond donors (Lipinski definition) is 1. The number of ether oxygens (including phenoxy) is 1. The molecule has 0 spiro atoms. The molecule has 1 heterocycles. The molecule has 0 radical (unpaired) electrons. The Kier molecular flexibility index (Phi) is 2.41. The molecule has 1 saturated heterocycles. The van der Waals surface area contributed by atoms with Crippen molar-refractivity contribution in [2.45, 2.75) is 32.4 Å². The number of hydrogen-bond acceptors (Lipinski definition) is 3. The maximum Gasteiger partial charge on any atom is 0.410 e. The Hall–Kier alpha value is -0.770. The zero-order chi connectivity index (χ0) is 11.2. The predicted octanol–water partition coefficient (Wildman–Crippen LogP) is 1.07. The molecule has 1 aliphatic carbocycles. The first kappa shape index (κ1) is 10.7. The highest BCUT2D eigenvalue weighted by molar-refractivity contribution is 5.69. The highest BCUT2D eigenvalue weighted by Gasteiger charge is 2.56. The molecule has 4 heteroatoms. The van der Waals surface area contributed by atoms with Crippen LogP contribution in [0.25, 0.3) is 0 Å². The van der Waals surface area contributed by atoms with Crippen LogP contribution >= 0.6 is 0 Å². The summed E-state index contributed by atoms with van der Waals surface area (Å²) < 4.78 is 5.33. The molecule has 0 aromatic carbocycles. The molecule has 1 N–H and O–H groups in total. The van der Waals surface area contributed by atoms with E-state index in [1.807, 2.05) is 32.7 Å². The minimum absolute atomic E-state index is 0.162. The van der Waals surface area contributed by atoms with Crippen LogP contribution in [0, 0.1) is 11.8 Å². The lowest BCUT2D eigenvalue weighted by atomic mass is 10.2. The molecule has 2 atom stereocenters. The number of carbonyl (C=O) groups excluding carboxylic acids is 1. The van der Waals surface area contributed by atoms with Gasteiger partial charge in [-0.2, -0.15) is 0 Å². The van der Waals surface area contributed by atoms with E-state index in [1.165, 1.54) is 0 Å². The number of nitrogens with one attached hydrogen (secondary N) is 1. The molecular weight excluding hydrogens is 192 g/mol. The summed E-state index contributed by atoms with van der Waals surface area (Å²) in [5.74, 6) is 1.31. The second kappa shape index (κ2) is 3.37. The maximum absolute atomic E-state index is 11.7. The van der Waals surface area contributed by atoms with E-state index in [2.05, 4.69) is 5.32 Å². The van der Waals surface area contributed by atoms with Gasteiger partial charge in [-0.3, -0.25) is 0 Å². The first-order valence-electron chi connectivity index (χ1n) is 5.57. The molecular formula is C11H20N2O2. The summed E-state index contributed by atoms with van der Waals surface area (Å²) in [5.41, 5.74) is -0.383. The smallest absolute Gasteiger partial charge is 0.410 e. The third-order valence-electron chi connectivity index (χ3n) is 3.18. The molecule has 0 aromatic heterocycles. The number of nitrogens with zero attached hydrogens (tertiary/aromatic N) is 1. The van der Waals surface area contributed by atoms with E-state index in [1.54, 1.807) is 0 Å². The van der Waals surface area contributed by atoms with Crippen molar-refractivity contribution in [3.05, 3.63) is 0 Å². The van der Waals surface area contributed by atoms with Gasteiger partial charge >= 0.3 is 6.09 Å². The standard InChI is InChI=1S/C11H20N2O2/c1-11(2,3)15-10(14)13-5-7-8(6-13)9(7)12-4/h7-9,12H,5-6H2,1-4H3. The molecule has 1 saturated carbocycles. The lowest BCUT2D eigenvalue weighted by Crippen LogP contribution is -2.38. The first-order valence-corrected chi connectivity index (χ1v) is 5.57. The summed E-state index contributed by atoms with van der Waals surface area (Å²) >= 11 is 0. The van der Waals surface area contributed by atoms with Gasteiger partial charge in [0.15, 0.2) is 0 Å². The molecule has 0 aromatic rings. The van der Waals surface area contributed by atoms with Gasteiger partial charge in [-0.05, 0) is 39.7 Å². The van der Waals surface area contributed by atoms with Crippen molar-refractivity contribution >= 4 is 6.09 Å². The molecule has 2 aliphatic rings. The first-order chi connectivity index (χ1) is 6.92. The summed E-state index contributed by atoms with van der Waals surface area (Å²) in [5, 5.41) is 3.27. The van der Waals surface area contributed by atoms with Crippen LogP contribution in [-0.2, 0) is 4.74 Å². The van der Waals surface area contributed by atoms with E-state index in [-0.39, 0.29) is 11.7 Å². The Morgan fingerprint density at radius 1 is 1.33 bits per heavy atom. The lowest BCUT2D eigenvalue weighted by Gasteiger charge is -2.25. The topological polar surface area (TPSA) is 41.6 Å². The zero-order valence-electron chi connectivity index (χ0n) is 9.91. The second-order valence-corrected chi connectivity index (χ2v) is 5.53. The molecule has 2 rings (SSSR count). The molecule has 2 fully saturated rings. The van der Waals surface area contributed by atoms with Gasteiger partial charge in [0, 0.05) is 19.1 Å². The molecule has 2 unspecified atom stereocenters. The quantitative estimate of drug-likeness (QED) is 0.707. The van der Waals surface area contributed by atoms with Crippen molar-refractivity contribution < 1.29 is 9.53 Å². The van der Waals surface area contributed by atoms with Crippen LogP contribution in [0.1, 0.15) is 20.8 Å². The van der Waals surface area contributed by atoms with Crippen LogP contribution in [0.15, 0.2) is 0 Å². The van der Waals surface area contributed by atoms with Gasteiger partial charge in [0.25, 0.3) is 0 Å². The third kappa shape index (κ3) is 2.09. The van der Waals surface area contributed by atoms with Crippen molar-refractivity contribution in [3.8, 4) is 0 Å². The fraction of sp³-hybridized carbons (Fsp3) is 0.909. The minimum Gasteiger partial charge on any atom is -0.444 e. The van der Waals surface area contributed by atoms with Gasteiger partial charge in [0.2, 0.25) is 0 Å². The Morgan fingerprint density at radius 2 is 1.87 bits per heavy atom. The Labute approximate surface area is 91.0 Å². The average Bonchev–Trinajstić information content (AvgIpc) is 2.54. The zero-order valence-corrected chi connectivity index (χ0v) is 9.91. The molecule has 1 amide bonds. The highest BCUT2D eigenvalue weighted by Crippen LogP contribution is 2.45. The van der Waals surface area contributed by atoms with Gasteiger partial charge < -0.3 is 15.0 Å². The van der Waals surface area contributed by atoms with Crippen molar-refractivity contribution in [1.82, 2.24) is 10.2 Å². The van der Waals surface area contributed by atoms with E-state index in [9.17, 15) is 4.79 Å². The third-order valence-corrected chi connectivity index (χ3v) is 3.18. The summed E-state index contributed by atoms with van der Waals surface area (Å²) in [6, 6.07) is 0.628. The fourth-order valence-corrected chi connectivity index (χ4v) is 2.43. The molecule has 15 heavy (non-hydrogen) atoms. The summed E-state index contributed by atoms with van der Waals surface area (Å²) in [6.07, 6.45) is -0.162.